The second-order valence-corrected chi connectivity index (χ2v) is 29.2. The molecular weight excluding hydrogens is 1300 g/mol. The standard InChI is InChI=1S/C83H149NO18/c1-3-5-7-9-11-13-15-17-19-21-23-25-27-28-29-30-31-32-33-34-35-36-37-38-39-41-43-45-47-49-51-53-55-57-59-61-71(89)84-66(67(88)60-58-56-54-52-50-48-46-44-42-40-26-24-22-20-18-16-14-12-10-8-6-4-2)65-97-81-77(95)74(92)79(69(63-86)99-81)102-83-78(96)75(93)80(70(64-87)100-83)101-82-76(94)73(91)72(90)68(62-85)98-82/h5,7,11,13,17,19,23,25,28-29,31-32,66-70,72-83,85-88,90-96H,3-4,6,8-10,12,14-16,18,20-22,24,26-27,30,33-65H2,1-2H3,(H,84,89)/b7-5-,13-11-,19-17-,25-23-,29-28-,32-31-. The molecule has 17 atom stereocenters. The summed E-state index contributed by atoms with van der Waals surface area (Å²) >= 11 is 0. The van der Waals surface area contributed by atoms with Gasteiger partial charge >= 0.3 is 0 Å². The number of unbranched alkanes of at least 4 members (excludes halogenated alkanes) is 37. The number of carbonyl (C=O) groups excluding carboxylic acids is 1. The van der Waals surface area contributed by atoms with Crippen molar-refractivity contribution >= 4 is 5.91 Å². The van der Waals surface area contributed by atoms with Crippen molar-refractivity contribution in [2.45, 2.75) is 420 Å². The Balaban J connectivity index is 1.34. The molecule has 1 amide bonds. The molecule has 0 bridgehead atoms. The van der Waals surface area contributed by atoms with Crippen molar-refractivity contribution in [1.29, 1.82) is 0 Å². The summed E-state index contributed by atoms with van der Waals surface area (Å²) in [6.07, 6.45) is 55.6. The highest BCUT2D eigenvalue weighted by atomic mass is 16.8. The quantitative estimate of drug-likeness (QED) is 0.0199. The molecule has 17 unspecified atom stereocenters. The van der Waals surface area contributed by atoms with Crippen molar-refractivity contribution in [2.75, 3.05) is 26.4 Å². The van der Waals surface area contributed by atoms with E-state index >= 15 is 0 Å². The molecule has 3 saturated heterocycles. The summed E-state index contributed by atoms with van der Waals surface area (Å²) in [4.78, 5) is 13.5. The van der Waals surface area contributed by atoms with Crippen LogP contribution in [-0.2, 0) is 33.2 Å². The third kappa shape index (κ3) is 42.7. The topological polar surface area (TPSA) is 307 Å². The Morgan fingerprint density at radius 3 is 1.06 bits per heavy atom. The van der Waals surface area contributed by atoms with Gasteiger partial charge in [0.25, 0.3) is 0 Å². The van der Waals surface area contributed by atoms with E-state index in [-0.39, 0.29) is 18.9 Å². The Morgan fingerprint density at radius 1 is 0.363 bits per heavy atom. The van der Waals surface area contributed by atoms with Crippen molar-refractivity contribution in [3.63, 3.8) is 0 Å². The van der Waals surface area contributed by atoms with Crippen LogP contribution in [0.2, 0.25) is 0 Å². The van der Waals surface area contributed by atoms with E-state index in [0.29, 0.717) is 12.8 Å². The first-order valence-corrected chi connectivity index (χ1v) is 41.2. The van der Waals surface area contributed by atoms with Gasteiger partial charge in [-0.05, 0) is 64.2 Å². The molecule has 102 heavy (non-hydrogen) atoms. The number of aliphatic hydroxyl groups excluding tert-OH is 11. The Kier molecular flexibility index (Phi) is 57.9. The predicted molar refractivity (Wildman–Crippen MR) is 406 cm³/mol. The molecule has 0 aliphatic carbocycles. The minimum Gasteiger partial charge on any atom is -0.394 e. The normalized spacial score (nSPS) is 26.5. The minimum atomic E-state index is -1.97. The highest BCUT2D eigenvalue weighted by molar-refractivity contribution is 5.76. The van der Waals surface area contributed by atoms with Gasteiger partial charge in [-0.15, -0.1) is 0 Å². The number of hydrogen-bond acceptors (Lipinski definition) is 18. The van der Waals surface area contributed by atoms with Gasteiger partial charge in [-0.3, -0.25) is 4.79 Å². The van der Waals surface area contributed by atoms with E-state index in [9.17, 15) is 61.0 Å². The van der Waals surface area contributed by atoms with Gasteiger partial charge in [0.15, 0.2) is 18.9 Å². The fourth-order valence-corrected chi connectivity index (χ4v) is 13.7. The Labute approximate surface area is 617 Å². The molecule has 0 aromatic heterocycles. The third-order valence-corrected chi connectivity index (χ3v) is 20.3. The van der Waals surface area contributed by atoms with Gasteiger partial charge in [0.2, 0.25) is 5.91 Å². The lowest BCUT2D eigenvalue weighted by atomic mass is 9.96. The molecule has 594 valence electrons. The van der Waals surface area contributed by atoms with Gasteiger partial charge in [0.05, 0.1) is 38.6 Å². The third-order valence-electron chi connectivity index (χ3n) is 20.3. The first-order chi connectivity index (χ1) is 49.8. The van der Waals surface area contributed by atoms with E-state index in [0.717, 1.165) is 83.5 Å². The predicted octanol–water partition coefficient (Wildman–Crippen LogP) is 14.0. The summed E-state index contributed by atoms with van der Waals surface area (Å²) in [7, 11) is 0. The summed E-state index contributed by atoms with van der Waals surface area (Å²) in [5.41, 5.74) is 0. The molecule has 0 radical (unpaired) electrons. The maximum atomic E-state index is 13.5. The molecule has 3 aliphatic rings. The summed E-state index contributed by atoms with van der Waals surface area (Å²) in [6.45, 7) is 1.73. The van der Waals surface area contributed by atoms with E-state index in [1.54, 1.807) is 0 Å². The molecule has 3 heterocycles. The Morgan fingerprint density at radius 2 is 0.676 bits per heavy atom. The van der Waals surface area contributed by atoms with Crippen molar-refractivity contribution in [1.82, 2.24) is 5.32 Å². The first kappa shape index (κ1) is 93.4. The first-order valence-electron chi connectivity index (χ1n) is 41.2. The van der Waals surface area contributed by atoms with Gasteiger partial charge in [-0.25, -0.2) is 0 Å². The van der Waals surface area contributed by atoms with Crippen LogP contribution in [0.25, 0.3) is 0 Å². The van der Waals surface area contributed by atoms with E-state index < -0.39 is 124 Å². The van der Waals surface area contributed by atoms with Crippen LogP contribution >= 0.6 is 0 Å². The number of carbonyl (C=O) groups is 1. The van der Waals surface area contributed by atoms with Crippen LogP contribution < -0.4 is 5.32 Å². The summed E-state index contributed by atoms with van der Waals surface area (Å²) in [5, 5.41) is 121. The van der Waals surface area contributed by atoms with Crippen LogP contribution in [0.5, 0.6) is 0 Å². The fraction of sp³-hybridized carbons (Fsp3) is 0.843. The molecule has 12 N–H and O–H groups in total. The summed E-state index contributed by atoms with van der Waals surface area (Å²) in [5.74, 6) is -0.240. The molecule has 0 aromatic carbocycles. The van der Waals surface area contributed by atoms with Crippen LogP contribution in [0.15, 0.2) is 72.9 Å². The highest BCUT2D eigenvalue weighted by Crippen LogP contribution is 2.33. The average molecular weight is 1450 g/mol. The number of amides is 1. The number of rotatable bonds is 65. The van der Waals surface area contributed by atoms with E-state index in [1.807, 2.05) is 0 Å². The van der Waals surface area contributed by atoms with Gasteiger partial charge < -0.3 is 89.9 Å². The Hall–Kier alpha value is -2.77. The molecule has 3 rings (SSSR count). The summed E-state index contributed by atoms with van der Waals surface area (Å²) in [6, 6.07) is -0.891. The average Bonchev–Trinajstić information content (AvgIpc) is 0.781. The molecule has 19 nitrogen and oxygen atoms in total. The maximum Gasteiger partial charge on any atom is 0.220 e. The van der Waals surface area contributed by atoms with Crippen LogP contribution in [0.4, 0.5) is 0 Å². The number of nitrogens with one attached hydrogen (secondary N) is 1. The van der Waals surface area contributed by atoms with E-state index in [4.69, 9.17) is 28.4 Å². The molecule has 3 fully saturated rings. The zero-order valence-electron chi connectivity index (χ0n) is 63.6. The number of ether oxygens (including phenoxy) is 6. The molecule has 0 aromatic rings. The van der Waals surface area contributed by atoms with E-state index in [1.165, 1.54) is 199 Å². The molecular formula is C83H149NO18. The maximum absolute atomic E-state index is 13.5. The molecule has 0 spiro atoms. The van der Waals surface area contributed by atoms with Crippen LogP contribution in [0, 0.1) is 0 Å². The fourth-order valence-electron chi connectivity index (χ4n) is 13.7. The number of allylic oxidation sites excluding steroid dienone is 12. The number of hydrogen-bond donors (Lipinski definition) is 12. The summed E-state index contributed by atoms with van der Waals surface area (Å²) < 4.78 is 34.5. The van der Waals surface area contributed by atoms with Crippen molar-refractivity contribution in [3.05, 3.63) is 72.9 Å². The smallest absolute Gasteiger partial charge is 0.220 e. The second kappa shape index (κ2) is 63.2. The number of aliphatic hydroxyl groups is 11. The van der Waals surface area contributed by atoms with Crippen LogP contribution in [0.1, 0.15) is 316 Å². The van der Waals surface area contributed by atoms with Crippen LogP contribution in [-0.4, -0.2) is 193 Å². The lowest BCUT2D eigenvalue weighted by molar-refractivity contribution is -0.379. The zero-order chi connectivity index (χ0) is 73.9. The van der Waals surface area contributed by atoms with Gasteiger partial charge in [0, 0.05) is 6.42 Å². The van der Waals surface area contributed by atoms with Crippen LogP contribution in [0.3, 0.4) is 0 Å². The highest BCUT2D eigenvalue weighted by Gasteiger charge is 2.54. The lowest BCUT2D eigenvalue weighted by Crippen LogP contribution is -2.66. The SMILES string of the molecule is CC/C=C\C/C=C\C/C=C\C/C=C\C/C=C\C/C=C\CCCCCCCCCCCCCCCCCCC(=O)NC(COC1OC(CO)C(OC2OC(CO)C(OC3OC(CO)C(O)C(O)C3O)C(O)C2O)C(O)C1O)C(O)CCCCCCCCCCCCCCCCCCCCCCCC. The van der Waals surface area contributed by atoms with Crippen molar-refractivity contribution < 1.29 is 89.4 Å². The molecule has 19 heteroatoms. The lowest BCUT2D eigenvalue weighted by Gasteiger charge is -2.48. The van der Waals surface area contributed by atoms with Gasteiger partial charge in [0.1, 0.15) is 73.2 Å². The van der Waals surface area contributed by atoms with Crippen molar-refractivity contribution in [2.24, 2.45) is 0 Å². The van der Waals surface area contributed by atoms with Crippen molar-refractivity contribution in [3.8, 4) is 0 Å². The second-order valence-electron chi connectivity index (χ2n) is 29.2. The monoisotopic (exact) mass is 1450 g/mol. The molecule has 3 aliphatic heterocycles. The van der Waals surface area contributed by atoms with Gasteiger partial charge in [-0.1, -0.05) is 318 Å². The van der Waals surface area contributed by atoms with Gasteiger partial charge in [-0.2, -0.15) is 0 Å². The Bertz CT molecular complexity index is 2120. The molecule has 0 saturated carbocycles. The van der Waals surface area contributed by atoms with E-state index in [2.05, 4.69) is 92.1 Å². The minimum absolute atomic E-state index is 0.240. The zero-order valence-corrected chi connectivity index (χ0v) is 63.6. The largest absolute Gasteiger partial charge is 0.394 e.